The molecule has 2 N–H and O–H groups in total. The third kappa shape index (κ3) is 4.42. The molecule has 1 atom stereocenters. The molecule has 1 aliphatic carbocycles. The van der Waals surface area contributed by atoms with E-state index in [9.17, 15) is 22.7 Å². The van der Waals surface area contributed by atoms with Gasteiger partial charge >= 0.3 is 6.18 Å². The van der Waals surface area contributed by atoms with Crippen molar-refractivity contribution in [1.29, 1.82) is 0 Å². The van der Waals surface area contributed by atoms with Crippen molar-refractivity contribution in [2.75, 3.05) is 0 Å². The van der Waals surface area contributed by atoms with Crippen LogP contribution in [0.2, 0.25) is 5.02 Å². The fourth-order valence-electron chi connectivity index (χ4n) is 3.82. The van der Waals surface area contributed by atoms with E-state index in [1.807, 2.05) is 0 Å². The van der Waals surface area contributed by atoms with Crippen LogP contribution in [0.15, 0.2) is 30.6 Å². The normalized spacial score (nSPS) is 15.7. The van der Waals surface area contributed by atoms with Crippen LogP contribution >= 0.6 is 11.6 Å². The van der Waals surface area contributed by atoms with Crippen molar-refractivity contribution in [2.45, 2.75) is 57.7 Å². The number of aliphatic hydroxyl groups excluding tert-OH is 1. The Hall–Kier alpha value is -2.36. The minimum atomic E-state index is -4.73. The molecule has 0 spiro atoms. The third-order valence-corrected chi connectivity index (χ3v) is 5.86. The molecule has 1 aliphatic rings. The van der Waals surface area contributed by atoms with Crippen LogP contribution in [0.1, 0.15) is 37.4 Å². The Bertz CT molecular complexity index is 1080. The number of H-pyrrole nitrogens is 1. The van der Waals surface area contributed by atoms with Gasteiger partial charge in [-0.05, 0) is 38.3 Å². The standard InChI is InChI=1S/C22H22ClF4N3O2/c1-12(31)10-30-21(22(25,26)27)15(9-29-30)20-16(11-32-13-4-2-5-13)14(8-28-20)19-17(23)6-3-7-18(19)24/h3,6-9,12-13,28,31H,2,4-5,10-11H2,1H3/t12-/m1/s1. The summed E-state index contributed by atoms with van der Waals surface area (Å²) >= 11 is 6.24. The number of nitrogens with zero attached hydrogens (tertiary/aromatic N) is 2. The molecule has 0 amide bonds. The van der Waals surface area contributed by atoms with Gasteiger partial charge in [0.2, 0.25) is 0 Å². The van der Waals surface area contributed by atoms with Gasteiger partial charge < -0.3 is 14.8 Å². The summed E-state index contributed by atoms with van der Waals surface area (Å²) in [5, 5.41) is 13.6. The molecule has 2 heterocycles. The Morgan fingerprint density at radius 2 is 2.06 bits per heavy atom. The van der Waals surface area contributed by atoms with Crippen molar-refractivity contribution in [3.63, 3.8) is 0 Å². The fourth-order valence-corrected chi connectivity index (χ4v) is 4.08. The van der Waals surface area contributed by atoms with Gasteiger partial charge in [-0.25, -0.2) is 4.39 Å². The first-order valence-corrected chi connectivity index (χ1v) is 10.6. The number of ether oxygens (including phenoxy) is 1. The number of nitrogens with one attached hydrogen (secondary N) is 1. The van der Waals surface area contributed by atoms with Crippen molar-refractivity contribution in [2.24, 2.45) is 0 Å². The lowest BCUT2D eigenvalue weighted by molar-refractivity contribution is -0.144. The van der Waals surface area contributed by atoms with Gasteiger partial charge in [0.05, 0.1) is 42.3 Å². The number of alkyl halides is 3. The van der Waals surface area contributed by atoms with Crippen LogP contribution in [0.4, 0.5) is 17.6 Å². The molecule has 1 fully saturated rings. The summed E-state index contributed by atoms with van der Waals surface area (Å²) in [4.78, 5) is 2.86. The maximum atomic E-state index is 14.7. The number of hydrogen-bond acceptors (Lipinski definition) is 3. The molecular weight excluding hydrogens is 450 g/mol. The monoisotopic (exact) mass is 471 g/mol. The molecule has 4 rings (SSSR count). The Balaban J connectivity index is 1.86. The quantitative estimate of drug-likeness (QED) is 0.428. The lowest BCUT2D eigenvalue weighted by atomic mass is 9.95. The number of aromatic nitrogens is 3. The van der Waals surface area contributed by atoms with Gasteiger partial charge in [-0.2, -0.15) is 18.3 Å². The maximum Gasteiger partial charge on any atom is 0.433 e. The van der Waals surface area contributed by atoms with Crippen LogP contribution in [0.5, 0.6) is 0 Å². The first-order valence-electron chi connectivity index (χ1n) is 10.2. The van der Waals surface area contributed by atoms with Gasteiger partial charge in [-0.3, -0.25) is 4.68 Å². The highest BCUT2D eigenvalue weighted by molar-refractivity contribution is 6.33. The summed E-state index contributed by atoms with van der Waals surface area (Å²) < 4.78 is 63.2. The molecule has 32 heavy (non-hydrogen) atoms. The molecule has 0 saturated heterocycles. The van der Waals surface area contributed by atoms with E-state index in [2.05, 4.69) is 10.1 Å². The molecule has 1 saturated carbocycles. The second-order valence-corrected chi connectivity index (χ2v) is 8.36. The van der Waals surface area contributed by atoms with Crippen molar-refractivity contribution in [3.05, 3.63) is 52.7 Å². The van der Waals surface area contributed by atoms with Crippen molar-refractivity contribution in [3.8, 4) is 22.4 Å². The number of halogens is 5. The lowest BCUT2D eigenvalue weighted by Crippen LogP contribution is -2.22. The summed E-state index contributed by atoms with van der Waals surface area (Å²) in [5.41, 5.74) is -0.290. The molecule has 0 radical (unpaired) electrons. The summed E-state index contributed by atoms with van der Waals surface area (Å²) in [5.74, 6) is -0.589. The molecule has 10 heteroatoms. The van der Waals surface area contributed by atoms with E-state index < -0.39 is 23.8 Å². The number of benzene rings is 1. The summed E-state index contributed by atoms with van der Waals surface area (Å²) in [6, 6.07) is 4.22. The van der Waals surface area contributed by atoms with E-state index in [0.717, 1.165) is 30.1 Å². The van der Waals surface area contributed by atoms with Gasteiger partial charge in [0.25, 0.3) is 0 Å². The van der Waals surface area contributed by atoms with Gasteiger partial charge in [0.1, 0.15) is 5.82 Å². The highest BCUT2D eigenvalue weighted by Gasteiger charge is 2.40. The molecule has 0 unspecified atom stereocenters. The largest absolute Gasteiger partial charge is 0.433 e. The van der Waals surface area contributed by atoms with Crippen LogP contribution in [-0.2, 0) is 24.1 Å². The minimum Gasteiger partial charge on any atom is -0.391 e. The maximum absolute atomic E-state index is 14.7. The van der Waals surface area contributed by atoms with Gasteiger partial charge in [-0.15, -0.1) is 0 Å². The van der Waals surface area contributed by atoms with Crippen LogP contribution in [0.25, 0.3) is 22.4 Å². The molecule has 3 aromatic rings. The fraction of sp³-hybridized carbons (Fsp3) is 0.409. The Kier molecular flexibility index (Phi) is 6.33. The summed E-state index contributed by atoms with van der Waals surface area (Å²) in [7, 11) is 0. The smallest absolute Gasteiger partial charge is 0.391 e. The Morgan fingerprint density at radius 1 is 1.31 bits per heavy atom. The van der Waals surface area contributed by atoms with E-state index >= 15 is 0 Å². The number of aromatic amines is 1. The van der Waals surface area contributed by atoms with Gasteiger partial charge in [0.15, 0.2) is 5.69 Å². The van der Waals surface area contributed by atoms with E-state index in [-0.39, 0.29) is 41.1 Å². The predicted octanol–water partition coefficient (Wildman–Crippen LogP) is 5.81. The molecule has 172 valence electrons. The zero-order valence-electron chi connectivity index (χ0n) is 17.2. The zero-order valence-corrected chi connectivity index (χ0v) is 18.0. The number of rotatable bonds is 7. The molecule has 1 aromatic carbocycles. The summed E-state index contributed by atoms with van der Waals surface area (Å²) in [6.07, 6.45) is -0.439. The first-order chi connectivity index (χ1) is 15.2. The van der Waals surface area contributed by atoms with E-state index in [0.29, 0.717) is 11.1 Å². The first kappa shape index (κ1) is 22.8. The Morgan fingerprint density at radius 3 is 2.66 bits per heavy atom. The minimum absolute atomic E-state index is 0.0115. The third-order valence-electron chi connectivity index (χ3n) is 5.55. The van der Waals surface area contributed by atoms with Gasteiger partial charge in [0, 0.05) is 28.5 Å². The summed E-state index contributed by atoms with van der Waals surface area (Å²) in [6.45, 7) is 1.05. The van der Waals surface area contributed by atoms with Crippen LogP contribution in [-0.4, -0.2) is 32.1 Å². The van der Waals surface area contributed by atoms with E-state index in [1.54, 1.807) is 0 Å². The van der Waals surface area contributed by atoms with E-state index in [1.165, 1.54) is 31.3 Å². The van der Waals surface area contributed by atoms with Crippen LogP contribution in [0, 0.1) is 5.82 Å². The van der Waals surface area contributed by atoms with Gasteiger partial charge in [-0.1, -0.05) is 17.7 Å². The highest BCUT2D eigenvalue weighted by Crippen LogP contribution is 2.42. The molecule has 2 aromatic heterocycles. The SMILES string of the molecule is C[C@@H](O)Cn1ncc(-c2[nH]cc(-c3c(F)cccc3Cl)c2COC2CCC2)c1C(F)(F)F. The number of aliphatic hydroxyl groups is 1. The second-order valence-electron chi connectivity index (χ2n) is 7.95. The van der Waals surface area contributed by atoms with Crippen LogP contribution in [0.3, 0.4) is 0 Å². The number of hydrogen-bond donors (Lipinski definition) is 2. The van der Waals surface area contributed by atoms with E-state index in [4.69, 9.17) is 16.3 Å². The molecule has 5 nitrogen and oxygen atoms in total. The predicted molar refractivity (Wildman–Crippen MR) is 112 cm³/mol. The van der Waals surface area contributed by atoms with Crippen LogP contribution < -0.4 is 0 Å². The topological polar surface area (TPSA) is 63.1 Å². The molecule has 0 aliphatic heterocycles. The molecular formula is C22H22ClF4N3O2. The molecule has 0 bridgehead atoms. The van der Waals surface area contributed by atoms with Crippen molar-refractivity contribution in [1.82, 2.24) is 14.8 Å². The van der Waals surface area contributed by atoms with Crippen molar-refractivity contribution < 1.29 is 27.4 Å². The highest BCUT2D eigenvalue weighted by atomic mass is 35.5. The Labute approximate surface area is 187 Å². The van der Waals surface area contributed by atoms with Crippen molar-refractivity contribution >= 4 is 11.6 Å². The average molecular weight is 472 g/mol. The average Bonchev–Trinajstić information content (AvgIpc) is 3.24. The second kappa shape index (κ2) is 8.88. The zero-order chi connectivity index (χ0) is 23.0. The lowest BCUT2D eigenvalue weighted by Gasteiger charge is -2.26.